The number of pyridine rings is 1. The van der Waals surface area contributed by atoms with Gasteiger partial charge in [0.1, 0.15) is 0 Å². The van der Waals surface area contributed by atoms with E-state index in [0.717, 1.165) is 5.69 Å². The third-order valence-corrected chi connectivity index (χ3v) is 5.86. The van der Waals surface area contributed by atoms with Crippen molar-refractivity contribution in [3.63, 3.8) is 0 Å². The number of hydrogen-bond donors (Lipinski definition) is 0. The minimum absolute atomic E-state index is 0.140. The van der Waals surface area contributed by atoms with E-state index in [2.05, 4.69) is 69.3 Å². The molecule has 1 heteroatoms. The molecule has 0 bridgehead atoms. The Morgan fingerprint density at radius 2 is 1.65 bits per heavy atom. The van der Waals surface area contributed by atoms with E-state index in [9.17, 15) is 0 Å². The number of benzene rings is 2. The molecule has 1 saturated carbocycles. The van der Waals surface area contributed by atoms with Crippen LogP contribution in [-0.4, -0.2) is 4.98 Å². The van der Waals surface area contributed by atoms with Crippen LogP contribution in [0.2, 0.25) is 0 Å². The van der Waals surface area contributed by atoms with Crippen LogP contribution in [0, 0.1) is 0 Å². The van der Waals surface area contributed by atoms with E-state index in [4.69, 9.17) is 4.98 Å². The Bertz CT molecular complexity index is 911. The molecule has 1 fully saturated rings. The summed E-state index contributed by atoms with van der Waals surface area (Å²) in [4.78, 5) is 4.72. The summed E-state index contributed by atoms with van der Waals surface area (Å²) in [5.74, 6) is 0.694. The first kappa shape index (κ1) is 17.3. The van der Waals surface area contributed by atoms with Crippen molar-refractivity contribution in [1.29, 1.82) is 0 Å². The normalized spacial score (nSPS) is 16.1. The van der Waals surface area contributed by atoms with E-state index >= 15 is 0 Å². The van der Waals surface area contributed by atoms with Gasteiger partial charge in [0.15, 0.2) is 0 Å². The Hall–Kier alpha value is -2.15. The maximum absolute atomic E-state index is 4.72. The minimum atomic E-state index is 0.140. The van der Waals surface area contributed by atoms with Crippen LogP contribution in [0.15, 0.2) is 54.7 Å². The fourth-order valence-electron chi connectivity index (χ4n) is 4.29. The smallest absolute Gasteiger partial charge is 0.0705 e. The first-order valence-electron chi connectivity index (χ1n) is 10.0. The van der Waals surface area contributed by atoms with E-state index in [1.165, 1.54) is 59.6 Å². The highest BCUT2D eigenvalue weighted by Crippen LogP contribution is 2.39. The highest BCUT2D eigenvalue weighted by atomic mass is 14.7. The number of hydrogen-bond acceptors (Lipinski definition) is 1. The Morgan fingerprint density at radius 1 is 0.885 bits per heavy atom. The number of rotatable bonds is 2. The number of nitrogens with zero attached hydrogens (tertiary/aromatic N) is 1. The van der Waals surface area contributed by atoms with Gasteiger partial charge in [-0.2, -0.15) is 0 Å². The molecule has 0 aliphatic heterocycles. The van der Waals surface area contributed by atoms with Crippen molar-refractivity contribution in [2.24, 2.45) is 0 Å². The van der Waals surface area contributed by atoms with Crippen molar-refractivity contribution in [3.05, 3.63) is 65.9 Å². The number of aromatic nitrogens is 1. The average molecular weight is 344 g/mol. The maximum Gasteiger partial charge on any atom is 0.0705 e. The van der Waals surface area contributed by atoms with Crippen molar-refractivity contribution >= 4 is 10.8 Å². The summed E-state index contributed by atoms with van der Waals surface area (Å²) in [6.45, 7) is 6.79. The van der Waals surface area contributed by atoms with Gasteiger partial charge >= 0.3 is 0 Å². The molecule has 134 valence electrons. The van der Waals surface area contributed by atoms with Gasteiger partial charge in [-0.15, -0.1) is 0 Å². The van der Waals surface area contributed by atoms with Crippen LogP contribution >= 0.6 is 0 Å². The fourth-order valence-corrected chi connectivity index (χ4v) is 4.29. The van der Waals surface area contributed by atoms with Crippen LogP contribution < -0.4 is 0 Å². The summed E-state index contributed by atoms with van der Waals surface area (Å²) < 4.78 is 0. The number of fused-ring (bicyclic) bond motifs is 1. The zero-order valence-corrected chi connectivity index (χ0v) is 16.3. The van der Waals surface area contributed by atoms with E-state index in [0.29, 0.717) is 5.92 Å². The lowest BCUT2D eigenvalue weighted by molar-refractivity contribution is 0.445. The molecular formula is C25H29N. The molecule has 1 aliphatic rings. The van der Waals surface area contributed by atoms with Gasteiger partial charge in [0.2, 0.25) is 0 Å². The third kappa shape index (κ3) is 3.40. The Morgan fingerprint density at radius 3 is 2.42 bits per heavy atom. The average Bonchev–Trinajstić information content (AvgIpc) is 2.67. The van der Waals surface area contributed by atoms with Crippen LogP contribution in [0.25, 0.3) is 22.0 Å². The molecule has 1 aromatic heterocycles. The first-order valence-corrected chi connectivity index (χ1v) is 10.0. The molecule has 0 saturated heterocycles. The second-order valence-electron chi connectivity index (χ2n) is 8.80. The molecule has 1 aliphatic carbocycles. The van der Waals surface area contributed by atoms with Crippen molar-refractivity contribution in [3.8, 4) is 11.3 Å². The summed E-state index contributed by atoms with van der Waals surface area (Å²) in [5.41, 5.74) is 5.37. The van der Waals surface area contributed by atoms with E-state index in [1.807, 2.05) is 6.20 Å². The lowest BCUT2D eigenvalue weighted by Gasteiger charge is -2.24. The maximum atomic E-state index is 4.72. The summed E-state index contributed by atoms with van der Waals surface area (Å²) in [5, 5.41) is 2.77. The molecule has 0 radical (unpaired) electrons. The van der Waals surface area contributed by atoms with Gasteiger partial charge in [0.05, 0.1) is 5.69 Å². The van der Waals surface area contributed by atoms with Gasteiger partial charge in [-0.25, -0.2) is 0 Å². The molecule has 0 atom stereocenters. The Kier molecular flexibility index (Phi) is 4.56. The molecule has 4 rings (SSSR count). The van der Waals surface area contributed by atoms with Crippen LogP contribution in [0.3, 0.4) is 0 Å². The van der Waals surface area contributed by atoms with Gasteiger partial charge in [0, 0.05) is 11.8 Å². The monoisotopic (exact) mass is 343 g/mol. The van der Waals surface area contributed by atoms with Gasteiger partial charge in [-0.1, -0.05) is 64.3 Å². The lowest BCUT2D eigenvalue weighted by Crippen LogP contribution is -2.11. The molecule has 0 amide bonds. The van der Waals surface area contributed by atoms with Gasteiger partial charge in [-0.05, 0) is 70.3 Å². The zero-order chi connectivity index (χ0) is 18.1. The lowest BCUT2D eigenvalue weighted by atomic mass is 9.81. The van der Waals surface area contributed by atoms with Crippen LogP contribution in [0.5, 0.6) is 0 Å². The summed E-state index contributed by atoms with van der Waals surface area (Å²) in [7, 11) is 0. The van der Waals surface area contributed by atoms with Crippen molar-refractivity contribution in [2.75, 3.05) is 0 Å². The minimum Gasteiger partial charge on any atom is -0.256 e. The van der Waals surface area contributed by atoms with Crippen LogP contribution in [0.1, 0.15) is 69.9 Å². The highest BCUT2D eigenvalue weighted by Gasteiger charge is 2.20. The van der Waals surface area contributed by atoms with Crippen LogP contribution in [-0.2, 0) is 5.41 Å². The topological polar surface area (TPSA) is 12.9 Å². The summed E-state index contributed by atoms with van der Waals surface area (Å²) >= 11 is 0. The first-order chi connectivity index (χ1) is 12.5. The molecule has 0 spiro atoms. The van der Waals surface area contributed by atoms with Crippen molar-refractivity contribution in [1.82, 2.24) is 4.98 Å². The molecule has 2 aromatic carbocycles. The van der Waals surface area contributed by atoms with Gasteiger partial charge in [0.25, 0.3) is 0 Å². The van der Waals surface area contributed by atoms with Crippen LogP contribution in [0.4, 0.5) is 0 Å². The molecule has 26 heavy (non-hydrogen) atoms. The summed E-state index contributed by atoms with van der Waals surface area (Å²) in [6.07, 6.45) is 8.72. The van der Waals surface area contributed by atoms with Crippen molar-refractivity contribution in [2.45, 2.75) is 64.2 Å². The third-order valence-electron chi connectivity index (χ3n) is 5.86. The standard InChI is InChI=1S/C25H29N/c1-25(2,3)21-13-14-26-24(17-21)20-15-19-11-7-8-12-22(19)23(16-20)18-9-5-4-6-10-18/h7-8,11-18H,4-6,9-10H2,1-3H3. The molecular weight excluding hydrogens is 314 g/mol. The molecule has 1 nitrogen and oxygen atoms in total. The Labute approximate surface area is 157 Å². The SMILES string of the molecule is CC(C)(C)c1ccnc(-c2cc(C3CCCCC3)c3ccccc3c2)c1. The van der Waals surface area contributed by atoms with Gasteiger partial charge < -0.3 is 0 Å². The van der Waals surface area contributed by atoms with Crippen molar-refractivity contribution < 1.29 is 0 Å². The quantitative estimate of drug-likeness (QED) is 0.477. The molecule has 0 N–H and O–H groups in total. The summed E-state index contributed by atoms with van der Waals surface area (Å²) in [6, 6.07) is 18.0. The molecule has 1 heterocycles. The Balaban J connectivity index is 1.86. The fraction of sp³-hybridized carbons (Fsp3) is 0.400. The largest absolute Gasteiger partial charge is 0.256 e. The van der Waals surface area contributed by atoms with Gasteiger partial charge in [-0.3, -0.25) is 4.98 Å². The van der Waals surface area contributed by atoms with E-state index in [1.54, 1.807) is 0 Å². The predicted molar refractivity (Wildman–Crippen MR) is 112 cm³/mol. The molecule has 3 aromatic rings. The van der Waals surface area contributed by atoms with E-state index < -0.39 is 0 Å². The molecule has 0 unspecified atom stereocenters. The zero-order valence-electron chi connectivity index (χ0n) is 16.3. The highest BCUT2D eigenvalue weighted by molar-refractivity contribution is 5.90. The second-order valence-corrected chi connectivity index (χ2v) is 8.80. The second kappa shape index (κ2) is 6.87. The predicted octanol–water partition coefficient (Wildman–Crippen LogP) is 7.25. The van der Waals surface area contributed by atoms with E-state index in [-0.39, 0.29) is 5.41 Å².